The summed E-state index contributed by atoms with van der Waals surface area (Å²) in [6.07, 6.45) is 3.48. The largest absolute Gasteiger partial charge is 0.464 e. The Morgan fingerprint density at radius 1 is 1.28 bits per heavy atom. The number of piperidine rings is 1. The minimum atomic E-state index is -0.542. The van der Waals surface area contributed by atoms with Crippen LogP contribution in [0.3, 0.4) is 0 Å². The maximum Gasteiger partial charge on any atom is 0.358 e. The molecule has 0 spiro atoms. The first-order chi connectivity index (χ1) is 8.63. The molecule has 1 aliphatic heterocycles. The van der Waals surface area contributed by atoms with Gasteiger partial charge in [0.05, 0.1) is 7.11 Å². The summed E-state index contributed by atoms with van der Waals surface area (Å²) in [6.45, 7) is 3.32. The number of carbonyl (C=O) groups excluding carboxylic acids is 2. The van der Waals surface area contributed by atoms with Gasteiger partial charge in [0.1, 0.15) is 4.88 Å². The van der Waals surface area contributed by atoms with Crippen LogP contribution in [0, 0.1) is 0 Å². The Kier molecular flexibility index (Phi) is 3.96. The molecular formula is C12H16N2O3S. The molecule has 0 amide bonds. The Morgan fingerprint density at radius 3 is 2.50 bits per heavy atom. The van der Waals surface area contributed by atoms with Gasteiger partial charge < -0.3 is 9.64 Å². The predicted octanol–water partition coefficient (Wildman–Crippen LogP) is 2.12. The molecule has 1 saturated heterocycles. The molecule has 1 aromatic heterocycles. The summed E-state index contributed by atoms with van der Waals surface area (Å²) in [5.74, 6) is -0.684. The number of aromatic nitrogens is 1. The van der Waals surface area contributed by atoms with Gasteiger partial charge in [-0.2, -0.15) is 0 Å². The van der Waals surface area contributed by atoms with E-state index in [1.54, 1.807) is 0 Å². The van der Waals surface area contributed by atoms with Gasteiger partial charge in [0.15, 0.2) is 16.6 Å². The number of hydrogen-bond donors (Lipinski definition) is 0. The molecule has 1 aromatic rings. The summed E-state index contributed by atoms with van der Waals surface area (Å²) in [4.78, 5) is 29.9. The third kappa shape index (κ3) is 2.53. The highest BCUT2D eigenvalue weighted by atomic mass is 32.1. The normalized spacial score (nSPS) is 15.6. The molecule has 0 aliphatic carbocycles. The first-order valence-electron chi connectivity index (χ1n) is 5.98. The van der Waals surface area contributed by atoms with Gasteiger partial charge in [0, 0.05) is 20.0 Å². The van der Waals surface area contributed by atoms with E-state index < -0.39 is 5.97 Å². The third-order valence-electron chi connectivity index (χ3n) is 2.94. The van der Waals surface area contributed by atoms with Crippen molar-refractivity contribution in [1.29, 1.82) is 0 Å². The highest BCUT2D eigenvalue weighted by Gasteiger charge is 2.24. The molecule has 0 atom stereocenters. The Labute approximate surface area is 110 Å². The molecule has 0 radical (unpaired) electrons. The number of Topliss-reactive ketones (excluding diaryl/α,β-unsaturated/α-hetero) is 1. The number of nitrogens with zero attached hydrogens (tertiary/aromatic N) is 2. The van der Waals surface area contributed by atoms with Crippen LogP contribution in [0.1, 0.15) is 46.3 Å². The van der Waals surface area contributed by atoms with E-state index in [-0.39, 0.29) is 11.5 Å². The molecule has 2 rings (SSSR count). The van der Waals surface area contributed by atoms with E-state index >= 15 is 0 Å². The summed E-state index contributed by atoms with van der Waals surface area (Å²) in [5.41, 5.74) is 0.149. The van der Waals surface area contributed by atoms with Gasteiger partial charge in [0.25, 0.3) is 0 Å². The van der Waals surface area contributed by atoms with Crippen molar-refractivity contribution in [3.8, 4) is 0 Å². The standard InChI is InChI=1S/C12H16N2O3S/c1-8(15)10-9(11(16)17-2)13-12(18-10)14-6-4-3-5-7-14/h3-7H2,1-2H3. The highest BCUT2D eigenvalue weighted by Crippen LogP contribution is 2.29. The van der Waals surface area contributed by atoms with Gasteiger partial charge in [-0.05, 0) is 19.3 Å². The average Bonchev–Trinajstić information content (AvgIpc) is 2.84. The second-order valence-corrected chi connectivity index (χ2v) is 5.25. The van der Waals surface area contributed by atoms with E-state index in [9.17, 15) is 9.59 Å². The van der Waals surface area contributed by atoms with Gasteiger partial charge in [-0.15, -0.1) is 0 Å². The van der Waals surface area contributed by atoms with Crippen LogP contribution in [-0.4, -0.2) is 36.9 Å². The number of ketones is 1. The fourth-order valence-electron chi connectivity index (χ4n) is 2.00. The number of thiazole rings is 1. The molecule has 0 saturated carbocycles. The summed E-state index contributed by atoms with van der Waals surface area (Å²) < 4.78 is 4.66. The lowest BCUT2D eigenvalue weighted by atomic mass is 10.1. The van der Waals surface area contributed by atoms with Crippen molar-refractivity contribution in [2.45, 2.75) is 26.2 Å². The number of methoxy groups -OCH3 is 1. The van der Waals surface area contributed by atoms with Gasteiger partial charge in [0.2, 0.25) is 0 Å². The molecule has 1 aliphatic rings. The smallest absolute Gasteiger partial charge is 0.358 e. The minimum Gasteiger partial charge on any atom is -0.464 e. The first-order valence-corrected chi connectivity index (χ1v) is 6.80. The fourth-order valence-corrected chi connectivity index (χ4v) is 3.00. The van der Waals surface area contributed by atoms with Crippen molar-refractivity contribution in [3.05, 3.63) is 10.6 Å². The third-order valence-corrected chi connectivity index (χ3v) is 4.16. The van der Waals surface area contributed by atoms with E-state index in [2.05, 4.69) is 14.6 Å². The Morgan fingerprint density at radius 2 is 1.94 bits per heavy atom. The maximum absolute atomic E-state index is 11.6. The number of ether oxygens (including phenoxy) is 1. The van der Waals surface area contributed by atoms with Crippen molar-refractivity contribution in [3.63, 3.8) is 0 Å². The Balaban J connectivity index is 2.32. The number of carbonyl (C=O) groups is 2. The van der Waals surface area contributed by atoms with Crippen molar-refractivity contribution in [2.75, 3.05) is 25.1 Å². The van der Waals surface area contributed by atoms with Crippen LogP contribution in [0.5, 0.6) is 0 Å². The highest BCUT2D eigenvalue weighted by molar-refractivity contribution is 7.17. The average molecular weight is 268 g/mol. The van der Waals surface area contributed by atoms with Crippen molar-refractivity contribution in [1.82, 2.24) is 4.98 Å². The van der Waals surface area contributed by atoms with Crippen LogP contribution in [-0.2, 0) is 4.74 Å². The lowest BCUT2D eigenvalue weighted by molar-refractivity contribution is 0.0591. The van der Waals surface area contributed by atoms with Crippen molar-refractivity contribution >= 4 is 28.2 Å². The summed E-state index contributed by atoms with van der Waals surface area (Å²) in [7, 11) is 1.30. The molecule has 1 fully saturated rings. The summed E-state index contributed by atoms with van der Waals surface area (Å²) >= 11 is 1.28. The van der Waals surface area contributed by atoms with Crippen LogP contribution in [0.25, 0.3) is 0 Å². The molecule has 6 heteroatoms. The summed E-state index contributed by atoms with van der Waals surface area (Å²) in [6, 6.07) is 0. The van der Waals surface area contributed by atoms with Crippen molar-refractivity contribution < 1.29 is 14.3 Å². The number of hydrogen-bond acceptors (Lipinski definition) is 6. The fraction of sp³-hybridized carbons (Fsp3) is 0.583. The zero-order valence-corrected chi connectivity index (χ0v) is 11.4. The van der Waals surface area contributed by atoms with Crippen LogP contribution >= 0.6 is 11.3 Å². The van der Waals surface area contributed by atoms with E-state index in [1.807, 2.05) is 0 Å². The Bertz CT molecular complexity index is 464. The second-order valence-electron chi connectivity index (χ2n) is 4.27. The monoisotopic (exact) mass is 268 g/mol. The predicted molar refractivity (Wildman–Crippen MR) is 69.5 cm³/mol. The molecule has 2 heterocycles. The van der Waals surface area contributed by atoms with Crippen LogP contribution in [0.4, 0.5) is 5.13 Å². The van der Waals surface area contributed by atoms with Gasteiger partial charge >= 0.3 is 5.97 Å². The SMILES string of the molecule is COC(=O)c1nc(N2CCCCC2)sc1C(C)=O. The topological polar surface area (TPSA) is 59.5 Å². The molecule has 18 heavy (non-hydrogen) atoms. The van der Waals surface area contributed by atoms with E-state index in [4.69, 9.17) is 0 Å². The van der Waals surface area contributed by atoms with Gasteiger partial charge in [-0.1, -0.05) is 11.3 Å². The lowest BCUT2D eigenvalue weighted by Gasteiger charge is -2.25. The Hall–Kier alpha value is -1.43. The van der Waals surface area contributed by atoms with E-state index in [0.29, 0.717) is 4.88 Å². The molecule has 98 valence electrons. The number of esters is 1. The van der Waals surface area contributed by atoms with Gasteiger partial charge in [-0.3, -0.25) is 4.79 Å². The molecule has 0 aromatic carbocycles. The molecular weight excluding hydrogens is 252 g/mol. The molecule has 0 unspecified atom stereocenters. The number of anilines is 1. The van der Waals surface area contributed by atoms with Crippen LogP contribution in [0.2, 0.25) is 0 Å². The van der Waals surface area contributed by atoms with Crippen LogP contribution in [0.15, 0.2) is 0 Å². The molecule has 0 N–H and O–H groups in total. The second kappa shape index (κ2) is 5.48. The zero-order valence-electron chi connectivity index (χ0n) is 10.6. The van der Waals surface area contributed by atoms with Crippen LogP contribution < -0.4 is 4.90 Å². The van der Waals surface area contributed by atoms with Crippen molar-refractivity contribution in [2.24, 2.45) is 0 Å². The quantitative estimate of drug-likeness (QED) is 0.621. The minimum absolute atomic E-state index is 0.142. The lowest BCUT2D eigenvalue weighted by Crippen LogP contribution is -2.29. The summed E-state index contributed by atoms with van der Waals surface area (Å²) in [5, 5.41) is 0.750. The molecule has 0 bridgehead atoms. The van der Waals surface area contributed by atoms with E-state index in [0.717, 1.165) is 31.1 Å². The maximum atomic E-state index is 11.6. The first kappa shape index (κ1) is 13.0. The zero-order chi connectivity index (χ0) is 13.1. The molecule has 5 nitrogen and oxygen atoms in total. The van der Waals surface area contributed by atoms with E-state index in [1.165, 1.54) is 31.8 Å². The number of rotatable bonds is 3. The van der Waals surface area contributed by atoms with Gasteiger partial charge in [-0.25, -0.2) is 9.78 Å².